The van der Waals surface area contributed by atoms with Gasteiger partial charge in [0.15, 0.2) is 11.6 Å². The molecule has 3 nitrogen and oxygen atoms in total. The van der Waals surface area contributed by atoms with Crippen molar-refractivity contribution >= 4 is 11.0 Å². The highest BCUT2D eigenvalue weighted by molar-refractivity contribution is 5.83. The van der Waals surface area contributed by atoms with Crippen molar-refractivity contribution in [3.8, 4) is 11.4 Å². The second-order valence-corrected chi connectivity index (χ2v) is 4.61. The summed E-state index contributed by atoms with van der Waals surface area (Å²) in [4.78, 5) is 4.52. The molecule has 20 heavy (non-hydrogen) atoms. The Kier molecular flexibility index (Phi) is 2.99. The molecule has 3 aromatic rings. The van der Waals surface area contributed by atoms with Gasteiger partial charge >= 0.3 is 0 Å². The molecular formula is C15H13F2N3. The lowest BCUT2D eigenvalue weighted by Crippen LogP contribution is -1.97. The summed E-state index contributed by atoms with van der Waals surface area (Å²) in [5.74, 6) is -1.16. The van der Waals surface area contributed by atoms with Gasteiger partial charge in [0.1, 0.15) is 5.82 Å². The first kappa shape index (κ1) is 12.7. The fourth-order valence-electron chi connectivity index (χ4n) is 2.33. The molecule has 0 bridgehead atoms. The van der Waals surface area contributed by atoms with Crippen LogP contribution in [0.4, 0.5) is 8.78 Å². The first-order valence-corrected chi connectivity index (χ1v) is 6.21. The second kappa shape index (κ2) is 4.68. The number of nitrogens with two attached hydrogens (primary N) is 1. The Balaban J connectivity index is 2.26. The lowest BCUT2D eigenvalue weighted by Gasteiger charge is -2.03. The van der Waals surface area contributed by atoms with Gasteiger partial charge in [0.2, 0.25) is 0 Å². The van der Waals surface area contributed by atoms with E-state index in [9.17, 15) is 8.78 Å². The summed E-state index contributed by atoms with van der Waals surface area (Å²) in [5, 5.41) is 0. The molecule has 102 valence electrons. The zero-order valence-electron chi connectivity index (χ0n) is 10.9. The van der Waals surface area contributed by atoms with Crippen LogP contribution < -0.4 is 5.73 Å². The molecule has 0 fully saturated rings. The molecule has 5 heteroatoms. The summed E-state index contributed by atoms with van der Waals surface area (Å²) in [7, 11) is 1.84. The normalized spacial score (nSPS) is 11.2. The van der Waals surface area contributed by atoms with Crippen molar-refractivity contribution in [1.29, 1.82) is 0 Å². The summed E-state index contributed by atoms with van der Waals surface area (Å²) in [6, 6.07) is 9.50. The Morgan fingerprint density at radius 3 is 2.65 bits per heavy atom. The molecule has 2 aromatic carbocycles. The summed E-state index contributed by atoms with van der Waals surface area (Å²) in [6.45, 7) is 0.381. The maximum atomic E-state index is 13.4. The highest BCUT2D eigenvalue weighted by Crippen LogP contribution is 2.26. The maximum absolute atomic E-state index is 13.4. The molecule has 2 N–H and O–H groups in total. The standard InChI is InChI=1S/C15H13F2N3/c1-20-13-4-2-3-10(8-18)14(13)19-15(20)9-5-6-11(16)12(17)7-9/h2-7H,8,18H2,1H3. The molecule has 1 aromatic heterocycles. The van der Waals surface area contributed by atoms with Crippen molar-refractivity contribution in [3.63, 3.8) is 0 Å². The molecule has 3 rings (SSSR count). The summed E-state index contributed by atoms with van der Waals surface area (Å²) in [5.41, 5.74) is 8.85. The van der Waals surface area contributed by atoms with Crippen molar-refractivity contribution in [3.05, 3.63) is 53.6 Å². The third kappa shape index (κ3) is 1.87. The third-order valence-corrected chi connectivity index (χ3v) is 3.39. The lowest BCUT2D eigenvalue weighted by atomic mass is 10.2. The van der Waals surface area contributed by atoms with E-state index in [-0.39, 0.29) is 0 Å². The molecule has 0 saturated carbocycles. The molecule has 0 unspecified atom stereocenters. The number of nitrogens with zero attached hydrogens (tertiary/aromatic N) is 2. The first-order valence-electron chi connectivity index (χ1n) is 6.21. The minimum Gasteiger partial charge on any atom is -0.327 e. The quantitative estimate of drug-likeness (QED) is 0.780. The topological polar surface area (TPSA) is 43.8 Å². The lowest BCUT2D eigenvalue weighted by molar-refractivity contribution is 0.509. The molecule has 1 heterocycles. The minimum atomic E-state index is -0.881. The number of benzene rings is 2. The van der Waals surface area contributed by atoms with Crippen LogP contribution in [0.2, 0.25) is 0 Å². The SMILES string of the molecule is Cn1c(-c2ccc(F)c(F)c2)nc2c(CN)cccc21. The van der Waals surface area contributed by atoms with Gasteiger partial charge in [-0.2, -0.15) is 0 Å². The van der Waals surface area contributed by atoms with Crippen LogP contribution in [0.1, 0.15) is 5.56 Å². The number of imidazole rings is 1. The monoisotopic (exact) mass is 273 g/mol. The molecule has 0 radical (unpaired) electrons. The van der Waals surface area contributed by atoms with E-state index in [1.165, 1.54) is 6.07 Å². The predicted molar refractivity (Wildman–Crippen MR) is 74.0 cm³/mol. The van der Waals surface area contributed by atoms with Crippen molar-refractivity contribution < 1.29 is 8.78 Å². The Bertz CT molecular complexity index is 793. The van der Waals surface area contributed by atoms with E-state index in [4.69, 9.17) is 5.73 Å². The van der Waals surface area contributed by atoms with E-state index in [0.29, 0.717) is 17.9 Å². The Morgan fingerprint density at radius 2 is 1.95 bits per heavy atom. The van der Waals surface area contributed by atoms with Gasteiger partial charge in [-0.05, 0) is 29.8 Å². The van der Waals surface area contributed by atoms with Gasteiger partial charge in [-0.3, -0.25) is 0 Å². The van der Waals surface area contributed by atoms with Crippen LogP contribution in [0, 0.1) is 11.6 Å². The van der Waals surface area contributed by atoms with Crippen LogP contribution in [0.15, 0.2) is 36.4 Å². The fraction of sp³-hybridized carbons (Fsp3) is 0.133. The third-order valence-electron chi connectivity index (χ3n) is 3.39. The first-order chi connectivity index (χ1) is 9.61. The fourth-order valence-corrected chi connectivity index (χ4v) is 2.33. The van der Waals surface area contributed by atoms with Crippen LogP contribution in [0.25, 0.3) is 22.4 Å². The maximum Gasteiger partial charge on any atom is 0.159 e. The number of halogens is 2. The molecule has 0 saturated heterocycles. The van der Waals surface area contributed by atoms with E-state index in [0.717, 1.165) is 28.7 Å². The van der Waals surface area contributed by atoms with Crippen LogP contribution in [-0.2, 0) is 13.6 Å². The van der Waals surface area contributed by atoms with Crippen molar-refractivity contribution in [2.75, 3.05) is 0 Å². The van der Waals surface area contributed by atoms with Crippen molar-refractivity contribution in [1.82, 2.24) is 9.55 Å². The van der Waals surface area contributed by atoms with E-state index >= 15 is 0 Å². The minimum absolute atomic E-state index is 0.381. The van der Waals surface area contributed by atoms with Crippen molar-refractivity contribution in [2.45, 2.75) is 6.54 Å². The van der Waals surface area contributed by atoms with Gasteiger partial charge in [-0.15, -0.1) is 0 Å². The van der Waals surface area contributed by atoms with Gasteiger partial charge in [0, 0.05) is 19.2 Å². The molecular weight excluding hydrogens is 260 g/mol. The van der Waals surface area contributed by atoms with Gasteiger partial charge < -0.3 is 10.3 Å². The number of aromatic nitrogens is 2. The van der Waals surface area contributed by atoms with Gasteiger partial charge in [0.25, 0.3) is 0 Å². The molecule has 0 aliphatic rings. The van der Waals surface area contributed by atoms with Gasteiger partial charge in [-0.25, -0.2) is 13.8 Å². The largest absolute Gasteiger partial charge is 0.327 e. The van der Waals surface area contributed by atoms with Gasteiger partial charge in [0.05, 0.1) is 11.0 Å². The zero-order chi connectivity index (χ0) is 14.3. The Morgan fingerprint density at radius 1 is 1.15 bits per heavy atom. The van der Waals surface area contributed by atoms with E-state index in [2.05, 4.69) is 4.98 Å². The number of fused-ring (bicyclic) bond motifs is 1. The van der Waals surface area contributed by atoms with Crippen LogP contribution in [0.5, 0.6) is 0 Å². The van der Waals surface area contributed by atoms with Crippen molar-refractivity contribution in [2.24, 2.45) is 12.8 Å². The number of para-hydroxylation sites is 1. The van der Waals surface area contributed by atoms with Crippen LogP contribution >= 0.6 is 0 Å². The molecule has 0 spiro atoms. The average Bonchev–Trinajstić information content (AvgIpc) is 2.79. The van der Waals surface area contributed by atoms with E-state index in [1.54, 1.807) is 0 Å². The highest BCUT2D eigenvalue weighted by atomic mass is 19.2. The smallest absolute Gasteiger partial charge is 0.159 e. The molecule has 0 amide bonds. The summed E-state index contributed by atoms with van der Waals surface area (Å²) >= 11 is 0. The summed E-state index contributed by atoms with van der Waals surface area (Å²) < 4.78 is 28.2. The average molecular weight is 273 g/mol. The zero-order valence-corrected chi connectivity index (χ0v) is 10.9. The number of rotatable bonds is 2. The van der Waals surface area contributed by atoms with Crippen LogP contribution in [0.3, 0.4) is 0 Å². The number of hydrogen-bond acceptors (Lipinski definition) is 2. The van der Waals surface area contributed by atoms with E-state index < -0.39 is 11.6 Å². The Labute approximate surface area is 114 Å². The molecule has 0 aliphatic heterocycles. The Hall–Kier alpha value is -2.27. The number of aryl methyl sites for hydroxylation is 1. The molecule has 0 atom stereocenters. The second-order valence-electron chi connectivity index (χ2n) is 4.61. The highest BCUT2D eigenvalue weighted by Gasteiger charge is 2.13. The summed E-state index contributed by atoms with van der Waals surface area (Å²) in [6.07, 6.45) is 0. The van der Waals surface area contributed by atoms with Gasteiger partial charge in [-0.1, -0.05) is 12.1 Å². The molecule has 0 aliphatic carbocycles. The predicted octanol–water partition coefficient (Wildman–Crippen LogP) is 2.98. The van der Waals surface area contributed by atoms with Crippen LogP contribution in [-0.4, -0.2) is 9.55 Å². The number of hydrogen-bond donors (Lipinski definition) is 1. The van der Waals surface area contributed by atoms with E-state index in [1.807, 2.05) is 29.8 Å².